The minimum absolute atomic E-state index is 0.111. The van der Waals surface area contributed by atoms with Crippen LogP contribution in [0.25, 0.3) is 0 Å². The van der Waals surface area contributed by atoms with Gasteiger partial charge in [-0.15, -0.1) is 0 Å². The molecule has 0 spiro atoms. The Morgan fingerprint density at radius 2 is 2.24 bits per heavy atom. The number of ether oxygens (including phenoxy) is 1. The minimum atomic E-state index is -2.24. The summed E-state index contributed by atoms with van der Waals surface area (Å²) < 4.78 is 66.7. The monoisotopic (exact) mass is 417 g/mol. The first kappa shape index (κ1) is 17.0. The van der Waals surface area contributed by atoms with Crippen LogP contribution in [-0.2, 0) is 4.74 Å². The van der Waals surface area contributed by atoms with E-state index in [4.69, 9.17) is 10.2 Å². The maximum atomic E-state index is 16.0. The normalized spacial score (nSPS) is 48.5. The van der Waals surface area contributed by atoms with Gasteiger partial charge in [0.1, 0.15) is 18.6 Å². The van der Waals surface area contributed by atoms with E-state index in [-0.39, 0.29) is 31.4 Å². The molecule has 0 aromatic heterocycles. The molecule has 4 aliphatic rings. The molecule has 0 bridgehead atoms. The molecule has 166 valence electrons. The van der Waals surface area contributed by atoms with Gasteiger partial charge in [-0.25, -0.2) is 8.78 Å². The van der Waals surface area contributed by atoms with Crippen molar-refractivity contribution in [2.45, 2.75) is 82.4 Å². The van der Waals surface area contributed by atoms with Gasteiger partial charge in [0.15, 0.2) is 0 Å². The van der Waals surface area contributed by atoms with Crippen molar-refractivity contribution in [1.29, 1.82) is 0 Å². The summed E-state index contributed by atoms with van der Waals surface area (Å²) in [5.41, 5.74) is 1.12. The van der Waals surface area contributed by atoms with Crippen LogP contribution in [-0.4, -0.2) is 69.2 Å². The van der Waals surface area contributed by atoms with E-state index in [0.717, 1.165) is 37.9 Å². The summed E-state index contributed by atoms with van der Waals surface area (Å²) in [6.45, 7) is -0.520. The lowest BCUT2D eigenvalue weighted by Gasteiger charge is -2.46. The number of hydrogen-bond acceptors (Lipinski definition) is 6. The summed E-state index contributed by atoms with van der Waals surface area (Å²) in [6.07, 6.45) is 1.09. The van der Waals surface area contributed by atoms with E-state index in [2.05, 4.69) is 32.7 Å². The number of rotatable bonds is 5. The minimum Gasteiger partial charge on any atom is -0.377 e. The van der Waals surface area contributed by atoms with Crippen molar-refractivity contribution in [3.05, 3.63) is 11.6 Å². The summed E-state index contributed by atoms with van der Waals surface area (Å²) in [4.78, 5) is 0. The van der Waals surface area contributed by atoms with Crippen molar-refractivity contribution in [3.8, 4) is 0 Å². The Hall–Kier alpha value is -0.640. The Morgan fingerprint density at radius 1 is 1.31 bits per heavy atom. The van der Waals surface area contributed by atoms with Crippen LogP contribution < -0.4 is 26.6 Å². The number of hydrogen-bond donors (Lipinski definition) is 5. The van der Waals surface area contributed by atoms with Crippen molar-refractivity contribution >= 4 is 0 Å². The lowest BCUT2D eigenvalue weighted by molar-refractivity contribution is -0.0283. The fourth-order valence-corrected chi connectivity index (χ4v) is 5.35. The van der Waals surface area contributed by atoms with Gasteiger partial charge in [0, 0.05) is 36.6 Å². The molecule has 3 heterocycles. The number of fused-ring (bicyclic) bond motifs is 1. The highest BCUT2D eigenvalue weighted by Gasteiger charge is 2.50. The third-order valence-corrected chi connectivity index (χ3v) is 6.79. The first-order valence-corrected chi connectivity index (χ1v) is 10.9. The molecule has 0 aromatic rings. The highest BCUT2D eigenvalue weighted by molar-refractivity contribution is 5.18. The second-order valence-electron chi connectivity index (χ2n) is 8.63. The molecule has 0 amide bonds. The van der Waals surface area contributed by atoms with Gasteiger partial charge in [0.05, 0.1) is 12.3 Å². The summed E-state index contributed by atoms with van der Waals surface area (Å²) in [5, 5.41) is 15.4. The van der Waals surface area contributed by atoms with Gasteiger partial charge >= 0.3 is 0 Å². The van der Waals surface area contributed by atoms with Crippen molar-refractivity contribution in [1.82, 2.24) is 26.6 Å². The third kappa shape index (κ3) is 4.67. The van der Waals surface area contributed by atoms with Gasteiger partial charge in [0.25, 0.3) is 0 Å². The van der Waals surface area contributed by atoms with E-state index < -0.39 is 43.7 Å². The quantitative estimate of drug-likeness (QED) is 0.433. The molecular weight excluding hydrogens is 376 g/mol. The molecule has 29 heavy (non-hydrogen) atoms. The first-order valence-electron chi connectivity index (χ1n) is 13.1. The van der Waals surface area contributed by atoms with Crippen molar-refractivity contribution in [2.75, 3.05) is 26.2 Å². The summed E-state index contributed by atoms with van der Waals surface area (Å²) in [5.74, 6) is -0.0526. The Morgan fingerprint density at radius 3 is 3.10 bits per heavy atom. The van der Waals surface area contributed by atoms with Gasteiger partial charge in [0.2, 0.25) is 0 Å². The summed E-state index contributed by atoms with van der Waals surface area (Å²) >= 11 is 0. The Labute approximate surface area is 178 Å². The number of alkyl halides is 2. The van der Waals surface area contributed by atoms with Crippen LogP contribution in [0.1, 0.15) is 44.9 Å². The lowest BCUT2D eigenvalue weighted by atomic mass is 9.71. The van der Waals surface area contributed by atoms with Crippen LogP contribution in [0.15, 0.2) is 11.6 Å². The van der Waals surface area contributed by atoms with Gasteiger partial charge < -0.3 is 10.1 Å². The summed E-state index contributed by atoms with van der Waals surface area (Å²) in [7, 11) is 0. The molecule has 9 unspecified atom stereocenters. The number of halogens is 2. The van der Waals surface area contributed by atoms with Crippen molar-refractivity contribution in [2.24, 2.45) is 11.8 Å². The highest BCUT2D eigenvalue weighted by atomic mass is 19.1. The zero-order valence-electron chi connectivity index (χ0n) is 20.8. The maximum absolute atomic E-state index is 16.0. The number of nitrogens with one attached hydrogen (secondary N) is 5. The molecule has 1 saturated carbocycles. The predicted octanol–water partition coefficient (Wildman–Crippen LogP) is 1.16. The van der Waals surface area contributed by atoms with E-state index in [1.807, 2.05) is 0 Å². The largest absolute Gasteiger partial charge is 0.377 e. The molecule has 3 fully saturated rings. The van der Waals surface area contributed by atoms with Crippen LogP contribution in [0.4, 0.5) is 8.78 Å². The zero-order chi connectivity index (χ0) is 23.6. The standard InChI is InChI=1S/C21H37F2N5O/c1-3-25-20-17(22)12(2)26-21(28-20)27-15-11-14-7-10-29-19(14)16(18(15)23)13-5-4-8-24-9-6-13/h6,12,14-21,24-28H,3-5,7-11H2,1-2H3/i1D3,2D. The summed E-state index contributed by atoms with van der Waals surface area (Å²) in [6, 6.07) is -1.26. The third-order valence-electron chi connectivity index (χ3n) is 6.79. The SMILES string of the molecule is [2H]CC1NC(NC2CC3CCOC3C(C3=CCNCCC3)C2F)NC(NCC([2H])([2H])[2H])C1F. The van der Waals surface area contributed by atoms with E-state index in [1.54, 1.807) is 0 Å². The van der Waals surface area contributed by atoms with E-state index in [1.165, 1.54) is 0 Å². The second-order valence-corrected chi connectivity index (χ2v) is 8.63. The molecular formula is C21H37F2N5O. The first-order chi connectivity index (χ1) is 15.8. The fraction of sp³-hybridized carbons (Fsp3) is 0.905. The van der Waals surface area contributed by atoms with Gasteiger partial charge in [-0.2, -0.15) is 0 Å². The average molecular weight is 418 g/mol. The molecule has 4 rings (SSSR count). The van der Waals surface area contributed by atoms with E-state index in [9.17, 15) is 4.39 Å². The Balaban J connectivity index is 1.46. The van der Waals surface area contributed by atoms with E-state index in [0.29, 0.717) is 13.0 Å². The van der Waals surface area contributed by atoms with Crippen LogP contribution in [0.5, 0.6) is 0 Å². The van der Waals surface area contributed by atoms with Crippen molar-refractivity contribution in [3.63, 3.8) is 0 Å². The highest BCUT2D eigenvalue weighted by Crippen LogP contribution is 2.44. The van der Waals surface area contributed by atoms with Crippen LogP contribution in [0.3, 0.4) is 0 Å². The molecule has 3 aliphatic heterocycles. The topological polar surface area (TPSA) is 69.4 Å². The Bertz CT molecular complexity index is 688. The lowest BCUT2D eigenvalue weighted by Crippen LogP contribution is -2.73. The van der Waals surface area contributed by atoms with Gasteiger partial charge in [-0.1, -0.05) is 18.5 Å². The molecule has 0 aromatic carbocycles. The molecule has 2 saturated heterocycles. The Kier molecular flexibility index (Phi) is 5.66. The van der Waals surface area contributed by atoms with E-state index >= 15 is 4.39 Å². The smallest absolute Gasteiger partial charge is 0.143 e. The molecule has 6 nitrogen and oxygen atoms in total. The second kappa shape index (κ2) is 9.66. The molecule has 1 aliphatic carbocycles. The van der Waals surface area contributed by atoms with Crippen LogP contribution in [0, 0.1) is 11.8 Å². The van der Waals surface area contributed by atoms with Crippen LogP contribution in [0.2, 0.25) is 0 Å². The molecule has 9 atom stereocenters. The van der Waals surface area contributed by atoms with Gasteiger partial charge in [-0.05, 0) is 51.6 Å². The predicted molar refractivity (Wildman–Crippen MR) is 110 cm³/mol. The van der Waals surface area contributed by atoms with Gasteiger partial charge in [-0.3, -0.25) is 21.3 Å². The van der Waals surface area contributed by atoms with Crippen molar-refractivity contribution < 1.29 is 19.0 Å². The maximum Gasteiger partial charge on any atom is 0.143 e. The molecule has 8 heteroatoms. The molecule has 5 N–H and O–H groups in total. The zero-order valence-corrected chi connectivity index (χ0v) is 16.8. The molecule has 0 radical (unpaired) electrons. The average Bonchev–Trinajstić information content (AvgIpc) is 3.06. The fourth-order valence-electron chi connectivity index (χ4n) is 5.35. The van der Waals surface area contributed by atoms with Crippen LogP contribution >= 0.6 is 0 Å².